The number of anilines is 1. The topological polar surface area (TPSA) is 75.4 Å². The predicted molar refractivity (Wildman–Crippen MR) is 85.7 cm³/mol. The molecule has 6 heteroatoms. The lowest BCUT2D eigenvalue weighted by Gasteiger charge is -2.36. The van der Waals surface area contributed by atoms with Crippen molar-refractivity contribution >= 4 is 15.7 Å². The van der Waals surface area contributed by atoms with Crippen molar-refractivity contribution in [2.24, 2.45) is 0 Å². The van der Waals surface area contributed by atoms with Crippen molar-refractivity contribution in [3.63, 3.8) is 0 Å². The van der Waals surface area contributed by atoms with Crippen LogP contribution in [-0.4, -0.2) is 39.5 Å². The first-order valence-corrected chi connectivity index (χ1v) is 8.79. The van der Waals surface area contributed by atoms with Gasteiger partial charge in [0.25, 0.3) is 0 Å². The lowest BCUT2D eigenvalue weighted by molar-refractivity contribution is 0.162. The Morgan fingerprint density at radius 3 is 2.48 bits per heavy atom. The van der Waals surface area contributed by atoms with Gasteiger partial charge in [-0.1, -0.05) is 18.9 Å². The molecule has 0 atom stereocenters. The van der Waals surface area contributed by atoms with Gasteiger partial charge in [-0.25, -0.2) is 13.1 Å². The number of nitrogen functional groups attached to an aromatic ring is 1. The molecule has 2 rings (SSSR count). The van der Waals surface area contributed by atoms with Crippen LogP contribution in [0.5, 0.6) is 0 Å². The van der Waals surface area contributed by atoms with E-state index in [4.69, 9.17) is 5.73 Å². The van der Waals surface area contributed by atoms with E-state index < -0.39 is 10.0 Å². The number of hydrogen-bond acceptors (Lipinski definition) is 4. The van der Waals surface area contributed by atoms with Gasteiger partial charge in [-0.3, -0.25) is 0 Å². The molecular formula is C15H25N3O2S. The number of rotatable bonds is 5. The van der Waals surface area contributed by atoms with Gasteiger partial charge >= 0.3 is 0 Å². The maximum atomic E-state index is 12.5. The first kappa shape index (κ1) is 16.3. The molecule has 0 heterocycles. The fourth-order valence-corrected chi connectivity index (χ4v) is 4.44. The summed E-state index contributed by atoms with van der Waals surface area (Å²) in [5.41, 5.74) is 6.85. The van der Waals surface area contributed by atoms with Crippen LogP contribution < -0.4 is 10.5 Å². The molecule has 3 N–H and O–H groups in total. The molecule has 1 aliphatic carbocycles. The Bertz CT molecular complexity index is 605. The zero-order valence-corrected chi connectivity index (χ0v) is 13.8. The van der Waals surface area contributed by atoms with Crippen molar-refractivity contribution < 1.29 is 8.42 Å². The second-order valence-electron chi connectivity index (χ2n) is 6.12. The summed E-state index contributed by atoms with van der Waals surface area (Å²) < 4.78 is 27.9. The summed E-state index contributed by atoms with van der Waals surface area (Å²) in [6.07, 6.45) is 4.35. The molecule has 0 amide bonds. The zero-order valence-electron chi connectivity index (χ0n) is 13.0. The van der Waals surface area contributed by atoms with E-state index in [-0.39, 0.29) is 10.4 Å². The van der Waals surface area contributed by atoms with Crippen LogP contribution in [0.25, 0.3) is 0 Å². The van der Waals surface area contributed by atoms with E-state index in [1.807, 2.05) is 14.1 Å². The van der Waals surface area contributed by atoms with Crippen LogP contribution in [0, 0.1) is 6.92 Å². The first-order chi connectivity index (χ1) is 9.78. The van der Waals surface area contributed by atoms with E-state index in [1.54, 1.807) is 25.1 Å². The van der Waals surface area contributed by atoms with Gasteiger partial charge in [0.05, 0.1) is 4.90 Å². The lowest BCUT2D eigenvalue weighted by atomic mass is 9.97. The molecule has 0 unspecified atom stereocenters. The van der Waals surface area contributed by atoms with E-state index in [0.717, 1.165) is 25.7 Å². The van der Waals surface area contributed by atoms with Crippen molar-refractivity contribution in [3.8, 4) is 0 Å². The molecule has 1 aromatic rings. The van der Waals surface area contributed by atoms with E-state index in [2.05, 4.69) is 9.62 Å². The highest BCUT2D eigenvalue weighted by molar-refractivity contribution is 7.89. The van der Waals surface area contributed by atoms with Gasteiger partial charge in [0, 0.05) is 17.8 Å². The summed E-state index contributed by atoms with van der Waals surface area (Å²) >= 11 is 0. The summed E-state index contributed by atoms with van der Waals surface area (Å²) in [6.45, 7) is 2.18. The second-order valence-corrected chi connectivity index (χ2v) is 7.86. The highest BCUT2D eigenvalue weighted by Gasteiger charge is 2.37. The van der Waals surface area contributed by atoms with Gasteiger partial charge in [-0.05, 0) is 51.6 Å². The Kier molecular flexibility index (Phi) is 4.60. The van der Waals surface area contributed by atoms with E-state index in [1.165, 1.54) is 0 Å². The molecule has 0 spiro atoms. The molecule has 21 heavy (non-hydrogen) atoms. The van der Waals surface area contributed by atoms with E-state index in [9.17, 15) is 8.42 Å². The minimum Gasteiger partial charge on any atom is -0.398 e. The average molecular weight is 311 g/mol. The van der Waals surface area contributed by atoms with E-state index in [0.29, 0.717) is 17.8 Å². The maximum Gasteiger partial charge on any atom is 0.240 e. The van der Waals surface area contributed by atoms with Crippen LogP contribution in [-0.2, 0) is 10.0 Å². The van der Waals surface area contributed by atoms with Crippen LogP contribution in [0.15, 0.2) is 23.1 Å². The van der Waals surface area contributed by atoms with Gasteiger partial charge in [0.1, 0.15) is 0 Å². The highest BCUT2D eigenvalue weighted by atomic mass is 32.2. The van der Waals surface area contributed by atoms with Crippen molar-refractivity contribution in [1.82, 2.24) is 9.62 Å². The van der Waals surface area contributed by atoms with Gasteiger partial charge in [0.15, 0.2) is 0 Å². The standard InChI is InChI=1S/C15H25N3O2S/c1-12-13(16)7-6-8-14(12)21(19,20)17-11-15(18(2)3)9-4-5-10-15/h6-8,17H,4-5,9-11,16H2,1-3H3. The third-order valence-corrected chi connectivity index (χ3v) is 6.24. The van der Waals surface area contributed by atoms with Crippen molar-refractivity contribution in [2.75, 3.05) is 26.4 Å². The van der Waals surface area contributed by atoms with Crippen LogP contribution in [0.1, 0.15) is 31.2 Å². The molecule has 0 aromatic heterocycles. The van der Waals surface area contributed by atoms with Crippen molar-refractivity contribution in [2.45, 2.75) is 43.0 Å². The minimum atomic E-state index is -3.53. The maximum absolute atomic E-state index is 12.5. The van der Waals surface area contributed by atoms with Gasteiger partial charge in [-0.2, -0.15) is 0 Å². The smallest absolute Gasteiger partial charge is 0.240 e. The number of benzene rings is 1. The third kappa shape index (κ3) is 3.22. The number of sulfonamides is 1. The van der Waals surface area contributed by atoms with Crippen LogP contribution in [0.2, 0.25) is 0 Å². The van der Waals surface area contributed by atoms with Crippen LogP contribution >= 0.6 is 0 Å². The number of nitrogens with one attached hydrogen (secondary N) is 1. The Morgan fingerprint density at radius 1 is 1.29 bits per heavy atom. The second kappa shape index (κ2) is 5.94. The fourth-order valence-electron chi connectivity index (χ4n) is 3.04. The molecule has 1 fully saturated rings. The van der Waals surface area contributed by atoms with Crippen LogP contribution in [0.4, 0.5) is 5.69 Å². The predicted octanol–water partition coefficient (Wildman–Crippen LogP) is 1.73. The van der Waals surface area contributed by atoms with Gasteiger partial charge in [-0.15, -0.1) is 0 Å². The number of hydrogen-bond donors (Lipinski definition) is 2. The number of nitrogens with zero attached hydrogens (tertiary/aromatic N) is 1. The Morgan fingerprint density at radius 2 is 1.90 bits per heavy atom. The summed E-state index contributed by atoms with van der Waals surface area (Å²) in [6, 6.07) is 4.99. The van der Waals surface area contributed by atoms with Gasteiger partial charge in [0.2, 0.25) is 10.0 Å². The average Bonchev–Trinajstić information content (AvgIpc) is 2.90. The van der Waals surface area contributed by atoms with Crippen LogP contribution in [0.3, 0.4) is 0 Å². The molecule has 1 aliphatic rings. The molecule has 5 nitrogen and oxygen atoms in total. The first-order valence-electron chi connectivity index (χ1n) is 7.31. The molecule has 0 radical (unpaired) electrons. The monoisotopic (exact) mass is 311 g/mol. The molecule has 1 aromatic carbocycles. The Hall–Kier alpha value is -1.11. The molecule has 1 saturated carbocycles. The lowest BCUT2D eigenvalue weighted by Crippen LogP contribution is -2.50. The SMILES string of the molecule is Cc1c(N)cccc1S(=O)(=O)NCC1(N(C)C)CCCC1. The quantitative estimate of drug-likeness (QED) is 0.812. The molecule has 118 valence electrons. The summed E-state index contributed by atoms with van der Waals surface area (Å²) in [4.78, 5) is 2.42. The third-order valence-electron chi connectivity index (χ3n) is 4.69. The largest absolute Gasteiger partial charge is 0.398 e. The van der Waals surface area contributed by atoms with Gasteiger partial charge < -0.3 is 10.6 Å². The minimum absolute atomic E-state index is 0.0682. The molecule has 0 bridgehead atoms. The van der Waals surface area contributed by atoms with Crippen molar-refractivity contribution in [1.29, 1.82) is 0 Å². The zero-order chi connectivity index (χ0) is 15.7. The highest BCUT2D eigenvalue weighted by Crippen LogP contribution is 2.33. The Balaban J connectivity index is 2.20. The molecule has 0 saturated heterocycles. The normalized spacial score (nSPS) is 18.3. The van der Waals surface area contributed by atoms with Crippen molar-refractivity contribution in [3.05, 3.63) is 23.8 Å². The molecule has 0 aliphatic heterocycles. The summed E-state index contributed by atoms with van der Waals surface area (Å²) in [7, 11) is 0.509. The summed E-state index contributed by atoms with van der Waals surface area (Å²) in [5.74, 6) is 0. The number of nitrogens with two attached hydrogens (primary N) is 1. The Labute approximate surface area is 127 Å². The van der Waals surface area contributed by atoms with E-state index >= 15 is 0 Å². The fraction of sp³-hybridized carbons (Fsp3) is 0.600. The summed E-state index contributed by atoms with van der Waals surface area (Å²) in [5, 5.41) is 0. The number of likely N-dealkylation sites (N-methyl/N-ethyl adjacent to an activating group) is 1. The molecular weight excluding hydrogens is 286 g/mol.